The van der Waals surface area contributed by atoms with Crippen molar-refractivity contribution in [3.05, 3.63) is 119 Å². The maximum absolute atomic E-state index is 13.5. The minimum Gasteiger partial charge on any atom is -0.379 e. The zero-order chi connectivity index (χ0) is 21.8. The maximum atomic E-state index is 13.5. The predicted molar refractivity (Wildman–Crippen MR) is 126 cm³/mol. The van der Waals surface area contributed by atoms with Crippen LogP contribution >= 0.6 is 11.6 Å². The highest BCUT2D eigenvalue weighted by molar-refractivity contribution is 6.31. The number of nitrogens with one attached hydrogen (secondary N) is 2. The number of allylic oxidation sites excluding steroid dienone is 6. The lowest BCUT2D eigenvalue weighted by molar-refractivity contribution is 0.373. The third kappa shape index (κ3) is 4.28. The minimum atomic E-state index is -0.281. The Morgan fingerprint density at radius 2 is 2.06 bits per heavy atom. The number of benzene rings is 1. The van der Waals surface area contributed by atoms with Crippen LogP contribution in [-0.2, 0) is 0 Å². The summed E-state index contributed by atoms with van der Waals surface area (Å²) < 4.78 is 13.5. The van der Waals surface area contributed by atoms with E-state index in [4.69, 9.17) is 16.6 Å². The number of hydrogen-bond donors (Lipinski definition) is 2. The highest BCUT2D eigenvalue weighted by atomic mass is 35.5. The van der Waals surface area contributed by atoms with Crippen LogP contribution in [0.1, 0.15) is 12.5 Å². The average Bonchev–Trinajstić information content (AvgIpc) is 3.22. The number of aliphatic imine (C=N–C) groups is 1. The first-order chi connectivity index (χ1) is 15.1. The molecular weight excluding hydrogens is 411 g/mol. The SMILES string of the molecule is C=CCN=C(/C(=C\C)C1=CN2C(C3C=CC=CN3)=CNC2C(Cl)=C1)c1ccc(F)cc1. The normalized spacial score (nSPS) is 22.8. The van der Waals surface area contributed by atoms with Crippen LogP contribution < -0.4 is 10.6 Å². The number of fused-ring (bicyclic) bond motifs is 1. The van der Waals surface area contributed by atoms with E-state index in [2.05, 4.69) is 34.4 Å². The quantitative estimate of drug-likeness (QED) is 0.495. The lowest BCUT2D eigenvalue weighted by Crippen LogP contribution is -2.40. The summed E-state index contributed by atoms with van der Waals surface area (Å²) in [4.78, 5) is 6.86. The van der Waals surface area contributed by atoms with E-state index in [1.165, 1.54) is 12.1 Å². The second-order valence-electron chi connectivity index (χ2n) is 7.23. The highest BCUT2D eigenvalue weighted by Gasteiger charge is 2.34. The molecule has 1 aromatic carbocycles. The molecule has 4 nitrogen and oxygen atoms in total. The Balaban J connectivity index is 1.72. The molecule has 0 aromatic heterocycles. The van der Waals surface area contributed by atoms with Gasteiger partial charge in [-0.05, 0) is 49.5 Å². The van der Waals surface area contributed by atoms with Crippen molar-refractivity contribution >= 4 is 17.3 Å². The largest absolute Gasteiger partial charge is 0.379 e. The molecular formula is C25H24ClFN4. The van der Waals surface area contributed by atoms with Crippen LogP contribution in [0.25, 0.3) is 0 Å². The van der Waals surface area contributed by atoms with Gasteiger partial charge in [0.25, 0.3) is 0 Å². The van der Waals surface area contributed by atoms with E-state index in [1.807, 2.05) is 43.6 Å². The molecule has 3 aliphatic rings. The molecule has 6 heteroatoms. The van der Waals surface area contributed by atoms with Gasteiger partial charge in [-0.15, -0.1) is 6.58 Å². The van der Waals surface area contributed by atoms with Crippen LogP contribution in [0.3, 0.4) is 0 Å². The zero-order valence-electron chi connectivity index (χ0n) is 17.2. The average molecular weight is 435 g/mol. The van der Waals surface area contributed by atoms with Crippen LogP contribution in [0.15, 0.2) is 113 Å². The lowest BCUT2D eigenvalue weighted by Gasteiger charge is -2.33. The molecule has 158 valence electrons. The third-order valence-electron chi connectivity index (χ3n) is 5.25. The Morgan fingerprint density at radius 3 is 2.74 bits per heavy atom. The van der Waals surface area contributed by atoms with E-state index in [-0.39, 0.29) is 18.0 Å². The van der Waals surface area contributed by atoms with Crippen molar-refractivity contribution in [1.82, 2.24) is 15.5 Å². The highest BCUT2D eigenvalue weighted by Crippen LogP contribution is 2.34. The molecule has 3 aliphatic heterocycles. The van der Waals surface area contributed by atoms with Crippen LogP contribution in [0, 0.1) is 5.82 Å². The van der Waals surface area contributed by atoms with Gasteiger partial charge in [-0.3, -0.25) is 4.99 Å². The molecule has 0 bridgehead atoms. The number of hydrogen-bond acceptors (Lipinski definition) is 4. The number of halogens is 2. The molecule has 31 heavy (non-hydrogen) atoms. The predicted octanol–water partition coefficient (Wildman–Crippen LogP) is 4.88. The Bertz CT molecular complexity index is 1070. The summed E-state index contributed by atoms with van der Waals surface area (Å²) in [5.74, 6) is -0.281. The van der Waals surface area contributed by atoms with Gasteiger partial charge in [0.2, 0.25) is 0 Å². The van der Waals surface area contributed by atoms with Crippen molar-refractivity contribution in [1.29, 1.82) is 0 Å². The molecule has 2 unspecified atom stereocenters. The summed E-state index contributed by atoms with van der Waals surface area (Å²) in [6, 6.07) is 6.41. The summed E-state index contributed by atoms with van der Waals surface area (Å²) in [6.45, 7) is 6.20. The molecule has 0 radical (unpaired) electrons. The molecule has 2 atom stereocenters. The van der Waals surface area contributed by atoms with Gasteiger partial charge < -0.3 is 15.5 Å². The van der Waals surface area contributed by atoms with Crippen molar-refractivity contribution in [2.75, 3.05) is 6.54 Å². The van der Waals surface area contributed by atoms with Crippen molar-refractivity contribution in [2.24, 2.45) is 4.99 Å². The molecule has 4 rings (SSSR count). The maximum Gasteiger partial charge on any atom is 0.140 e. The number of rotatable bonds is 6. The number of dihydropyridines is 1. The molecule has 0 saturated carbocycles. The van der Waals surface area contributed by atoms with Gasteiger partial charge in [-0.1, -0.05) is 35.9 Å². The first-order valence-electron chi connectivity index (χ1n) is 10.1. The lowest BCUT2D eigenvalue weighted by atomic mass is 9.94. The Kier molecular flexibility index (Phi) is 6.23. The standard InChI is InChI=1S/C25H24ClFN4/c1-3-12-29-24(17-8-10-19(27)11-9-17)20(4-2)18-14-21(26)25-30-15-23(31(25)16-18)22-7-5-6-13-28-22/h3-11,13-16,22,25,28,30H,1,12H2,2H3/b20-4-,29-24?. The van der Waals surface area contributed by atoms with Gasteiger partial charge in [-0.25, -0.2) is 4.39 Å². The summed E-state index contributed by atoms with van der Waals surface area (Å²) >= 11 is 6.69. The van der Waals surface area contributed by atoms with Crippen LogP contribution in [-0.4, -0.2) is 29.4 Å². The van der Waals surface area contributed by atoms with Crippen molar-refractivity contribution < 1.29 is 4.39 Å². The topological polar surface area (TPSA) is 39.7 Å². The second-order valence-corrected chi connectivity index (χ2v) is 7.67. The van der Waals surface area contributed by atoms with Gasteiger partial charge in [0.05, 0.1) is 29.0 Å². The van der Waals surface area contributed by atoms with E-state index in [9.17, 15) is 4.39 Å². The van der Waals surface area contributed by atoms with Crippen LogP contribution in [0.2, 0.25) is 0 Å². The van der Waals surface area contributed by atoms with E-state index in [1.54, 1.807) is 18.2 Å². The molecule has 2 N–H and O–H groups in total. The van der Waals surface area contributed by atoms with E-state index in [0.717, 1.165) is 28.1 Å². The molecule has 0 spiro atoms. The first kappa shape index (κ1) is 20.9. The Hall–Kier alpha value is -3.31. The van der Waals surface area contributed by atoms with Crippen LogP contribution in [0.5, 0.6) is 0 Å². The summed E-state index contributed by atoms with van der Waals surface area (Å²) in [5, 5.41) is 7.39. The van der Waals surface area contributed by atoms with Crippen molar-refractivity contribution in [3.8, 4) is 0 Å². The van der Waals surface area contributed by atoms with Gasteiger partial charge in [-0.2, -0.15) is 0 Å². The fourth-order valence-corrected chi connectivity index (χ4v) is 4.09. The van der Waals surface area contributed by atoms with Crippen molar-refractivity contribution in [3.63, 3.8) is 0 Å². The van der Waals surface area contributed by atoms with Gasteiger partial charge >= 0.3 is 0 Å². The van der Waals surface area contributed by atoms with Gasteiger partial charge in [0.1, 0.15) is 12.0 Å². The van der Waals surface area contributed by atoms with E-state index >= 15 is 0 Å². The van der Waals surface area contributed by atoms with Crippen LogP contribution in [0.4, 0.5) is 4.39 Å². The molecule has 0 fully saturated rings. The van der Waals surface area contributed by atoms with Gasteiger partial charge in [0, 0.05) is 29.1 Å². The third-order valence-corrected chi connectivity index (χ3v) is 5.57. The minimum absolute atomic E-state index is 0.0441. The zero-order valence-corrected chi connectivity index (χ0v) is 18.0. The van der Waals surface area contributed by atoms with Gasteiger partial charge in [0.15, 0.2) is 0 Å². The van der Waals surface area contributed by atoms with Crippen molar-refractivity contribution in [2.45, 2.75) is 19.1 Å². The molecule has 3 heterocycles. The van der Waals surface area contributed by atoms with E-state index < -0.39 is 0 Å². The Morgan fingerprint density at radius 1 is 1.26 bits per heavy atom. The fraction of sp³-hybridized carbons (Fsp3) is 0.160. The Labute approximate surface area is 187 Å². The first-order valence-corrected chi connectivity index (χ1v) is 10.5. The molecule has 1 aromatic rings. The molecule has 0 aliphatic carbocycles. The monoisotopic (exact) mass is 434 g/mol. The van der Waals surface area contributed by atoms with E-state index in [0.29, 0.717) is 11.6 Å². The molecule has 0 amide bonds. The summed E-state index contributed by atoms with van der Waals surface area (Å²) in [6.07, 6.45) is 17.6. The fourth-order valence-electron chi connectivity index (χ4n) is 3.81. The number of nitrogens with zero attached hydrogens (tertiary/aromatic N) is 2. The summed E-state index contributed by atoms with van der Waals surface area (Å²) in [7, 11) is 0. The smallest absolute Gasteiger partial charge is 0.140 e. The molecule has 0 saturated heterocycles. The summed E-state index contributed by atoms with van der Waals surface area (Å²) in [5.41, 5.74) is 4.52. The second kappa shape index (κ2) is 9.23.